The predicted molar refractivity (Wildman–Crippen MR) is 383 cm³/mol. The molecule has 3 atom stereocenters. The second-order valence-corrected chi connectivity index (χ2v) is 28.6. The first kappa shape index (κ1) is 85.7. The fourth-order valence-corrected chi connectivity index (χ4v) is 12.0. The molecule has 10 heteroatoms. The van der Waals surface area contributed by atoms with Gasteiger partial charge in [-0.05, 0) is 96.0 Å². The van der Waals surface area contributed by atoms with Gasteiger partial charge in [-0.25, -0.2) is 4.57 Å². The largest absolute Gasteiger partial charge is 0.472 e. The van der Waals surface area contributed by atoms with Crippen molar-refractivity contribution in [2.75, 3.05) is 40.9 Å². The van der Waals surface area contributed by atoms with E-state index in [2.05, 4.69) is 74.7 Å². The third kappa shape index (κ3) is 68.1. The van der Waals surface area contributed by atoms with Crippen LogP contribution in [0.3, 0.4) is 0 Å². The van der Waals surface area contributed by atoms with Gasteiger partial charge in [-0.1, -0.05) is 326 Å². The summed E-state index contributed by atoms with van der Waals surface area (Å²) in [5.74, 6) is -0.489. The number of hydrogen-bond donors (Lipinski definition) is 2. The first-order chi connectivity index (χ1) is 42.9. The van der Waals surface area contributed by atoms with Crippen molar-refractivity contribution in [2.24, 2.45) is 0 Å². The number of carbonyl (C=O) groups is 2. The van der Waals surface area contributed by atoms with Crippen molar-refractivity contribution in [1.82, 2.24) is 5.32 Å². The van der Waals surface area contributed by atoms with E-state index in [1.807, 2.05) is 33.3 Å². The molecule has 0 aliphatic rings. The highest BCUT2D eigenvalue weighted by Gasteiger charge is 2.30. The molecule has 0 saturated carbocycles. The Hall–Kier alpha value is -2.29. The Morgan fingerprint density at radius 2 is 0.693 bits per heavy atom. The van der Waals surface area contributed by atoms with Crippen LogP contribution >= 0.6 is 7.82 Å². The number of quaternary nitrogens is 1. The summed E-state index contributed by atoms with van der Waals surface area (Å²) < 4.78 is 30.9. The first-order valence-electron chi connectivity index (χ1n) is 38.1. The number of ether oxygens (including phenoxy) is 1. The average molecular weight is 1260 g/mol. The molecule has 0 aliphatic carbocycles. The van der Waals surface area contributed by atoms with Gasteiger partial charge in [0.2, 0.25) is 5.91 Å². The molecule has 0 aromatic rings. The number of nitrogens with one attached hydrogen (secondary N) is 1. The molecule has 9 nitrogen and oxygen atoms in total. The Labute approximate surface area is 547 Å². The number of esters is 1. The zero-order valence-electron chi connectivity index (χ0n) is 59.2. The lowest BCUT2D eigenvalue weighted by atomic mass is 10.0. The first-order valence-corrected chi connectivity index (χ1v) is 39.6. The number of phosphoric ester groups is 1. The lowest BCUT2D eigenvalue weighted by molar-refractivity contribution is -0.870. The maximum absolute atomic E-state index is 13.6. The second kappa shape index (κ2) is 67.6. The van der Waals surface area contributed by atoms with Gasteiger partial charge >= 0.3 is 13.8 Å². The molecule has 1 amide bonds. The summed E-state index contributed by atoms with van der Waals surface area (Å²) in [6.07, 6.45) is 88.1. The van der Waals surface area contributed by atoms with Crippen molar-refractivity contribution in [1.29, 1.82) is 0 Å². The SMILES string of the molecule is CCCCC/C=C\C/C=C\C/C=C\CCCCCCCCCCCCCCCCC(=O)NC(COP(=O)(O)OCC[N+](C)(C)C)C(/C=C\CCCCCCCCCCCC)OC(=O)CCCCCCCCCCCCCCC/C=C/CCCCCCCC. The van der Waals surface area contributed by atoms with Crippen LogP contribution < -0.4 is 5.32 Å². The van der Waals surface area contributed by atoms with Crippen LogP contribution in [0.2, 0.25) is 0 Å². The number of hydrogen-bond acceptors (Lipinski definition) is 6. The normalized spacial score (nSPS) is 13.8. The van der Waals surface area contributed by atoms with E-state index in [9.17, 15) is 19.0 Å². The van der Waals surface area contributed by atoms with Crippen LogP contribution in [0.1, 0.15) is 374 Å². The van der Waals surface area contributed by atoms with Crippen LogP contribution in [0.15, 0.2) is 60.8 Å². The second-order valence-electron chi connectivity index (χ2n) is 27.2. The van der Waals surface area contributed by atoms with Crippen LogP contribution in [0.5, 0.6) is 0 Å². The van der Waals surface area contributed by atoms with Crippen molar-refractivity contribution in [2.45, 2.75) is 386 Å². The van der Waals surface area contributed by atoms with E-state index in [-0.39, 0.29) is 25.1 Å². The Morgan fingerprint density at radius 1 is 0.398 bits per heavy atom. The molecule has 0 fully saturated rings. The maximum atomic E-state index is 13.6. The summed E-state index contributed by atoms with van der Waals surface area (Å²) >= 11 is 0. The van der Waals surface area contributed by atoms with Crippen molar-refractivity contribution in [3.63, 3.8) is 0 Å². The summed E-state index contributed by atoms with van der Waals surface area (Å²) in [5, 5.41) is 3.08. The Kier molecular flexibility index (Phi) is 65.8. The molecule has 0 bridgehead atoms. The van der Waals surface area contributed by atoms with E-state index in [1.165, 1.54) is 270 Å². The van der Waals surface area contributed by atoms with Crippen LogP contribution in [0, 0.1) is 0 Å². The Morgan fingerprint density at radius 3 is 1.07 bits per heavy atom. The summed E-state index contributed by atoms with van der Waals surface area (Å²) in [5.41, 5.74) is 0. The van der Waals surface area contributed by atoms with Crippen LogP contribution in [-0.2, 0) is 27.9 Å². The lowest BCUT2D eigenvalue weighted by Crippen LogP contribution is -2.47. The Bertz CT molecular complexity index is 1690. The van der Waals surface area contributed by atoms with Gasteiger partial charge in [0.25, 0.3) is 0 Å². The van der Waals surface area contributed by atoms with Crippen LogP contribution in [-0.4, -0.2) is 74.3 Å². The molecule has 0 radical (unpaired) electrons. The smallest absolute Gasteiger partial charge is 0.456 e. The highest BCUT2D eigenvalue weighted by molar-refractivity contribution is 7.47. The molecule has 0 aliphatic heterocycles. The molecule has 3 unspecified atom stereocenters. The molecule has 0 aromatic carbocycles. The van der Waals surface area contributed by atoms with Gasteiger partial charge in [-0.3, -0.25) is 18.6 Å². The zero-order valence-corrected chi connectivity index (χ0v) is 60.1. The number of allylic oxidation sites excluding steroid dienone is 9. The number of unbranched alkanes of at least 4 members (excludes halogenated alkanes) is 46. The van der Waals surface area contributed by atoms with E-state index < -0.39 is 20.0 Å². The standard InChI is InChI=1S/C78H147N2O7P/c1-7-10-13-16-19-22-25-28-30-32-34-36-38-39-40-41-43-44-46-48-50-52-55-58-61-64-67-70-77(81)79-75(74-86-88(83,84)85-73-72-80(4,5)6)76(69-66-63-60-57-54-27-24-21-18-15-12-9-3)87-78(82)71-68-65-62-59-56-53-51-49-47-45-42-37-35-33-31-29-26-23-20-17-14-11-8-2/h19,22,28-31,34,36,66,69,75-76H,7-18,20-21,23-27,32-33,35,37-65,67-68,70-74H2,1-6H3,(H-,79,81,83,84)/p+1/b22-19-,30-28-,31-29+,36-34-,69-66-. The molecule has 0 aromatic heterocycles. The maximum Gasteiger partial charge on any atom is 0.472 e. The fraction of sp³-hybridized carbons (Fsp3) is 0.846. The molecule has 88 heavy (non-hydrogen) atoms. The minimum Gasteiger partial charge on any atom is -0.456 e. The quantitative estimate of drug-likeness (QED) is 0.0205. The number of phosphoric acid groups is 1. The monoisotopic (exact) mass is 1260 g/mol. The number of likely N-dealkylation sites (N-methyl/N-ethyl adjacent to an activating group) is 1. The highest BCUT2D eigenvalue weighted by Crippen LogP contribution is 2.43. The number of carbonyl (C=O) groups excluding carboxylic acids is 2. The highest BCUT2D eigenvalue weighted by atomic mass is 31.2. The van der Waals surface area contributed by atoms with E-state index in [4.69, 9.17) is 13.8 Å². The Balaban J connectivity index is 4.96. The number of amides is 1. The molecular formula is C78H148N2O7P+. The third-order valence-electron chi connectivity index (χ3n) is 17.2. The van der Waals surface area contributed by atoms with Gasteiger partial charge in [0.15, 0.2) is 0 Å². The summed E-state index contributed by atoms with van der Waals surface area (Å²) in [7, 11) is 1.51. The van der Waals surface area contributed by atoms with Crippen molar-refractivity contribution < 1.29 is 37.3 Å². The molecule has 516 valence electrons. The van der Waals surface area contributed by atoms with Gasteiger partial charge in [0.1, 0.15) is 19.3 Å². The van der Waals surface area contributed by atoms with Crippen molar-refractivity contribution in [3.8, 4) is 0 Å². The van der Waals surface area contributed by atoms with E-state index in [1.54, 1.807) is 0 Å². The zero-order chi connectivity index (χ0) is 64.2. The fourth-order valence-electron chi connectivity index (χ4n) is 11.3. The van der Waals surface area contributed by atoms with Crippen LogP contribution in [0.4, 0.5) is 0 Å². The molecule has 0 saturated heterocycles. The minimum absolute atomic E-state index is 0.0410. The topological polar surface area (TPSA) is 111 Å². The van der Waals surface area contributed by atoms with E-state index in [0.29, 0.717) is 23.9 Å². The molecule has 0 spiro atoms. The lowest BCUT2D eigenvalue weighted by Gasteiger charge is -2.27. The molecule has 2 N–H and O–H groups in total. The van der Waals surface area contributed by atoms with Gasteiger partial charge < -0.3 is 19.4 Å². The number of nitrogens with zero attached hydrogens (tertiary/aromatic N) is 1. The van der Waals surface area contributed by atoms with E-state index in [0.717, 1.165) is 70.6 Å². The predicted octanol–water partition coefficient (Wildman–Crippen LogP) is 24.5. The molecule has 0 rings (SSSR count). The minimum atomic E-state index is -4.46. The van der Waals surface area contributed by atoms with Gasteiger partial charge in [0, 0.05) is 12.8 Å². The summed E-state index contributed by atoms with van der Waals surface area (Å²) in [4.78, 5) is 38.0. The summed E-state index contributed by atoms with van der Waals surface area (Å²) in [6, 6.07) is -0.850. The van der Waals surface area contributed by atoms with Crippen LogP contribution in [0.25, 0.3) is 0 Å². The summed E-state index contributed by atoms with van der Waals surface area (Å²) in [6.45, 7) is 7.03. The van der Waals surface area contributed by atoms with Crippen molar-refractivity contribution in [3.05, 3.63) is 60.8 Å². The van der Waals surface area contributed by atoms with Crippen molar-refractivity contribution >= 4 is 19.7 Å². The molecular weight excluding hydrogens is 1110 g/mol. The molecule has 0 heterocycles. The van der Waals surface area contributed by atoms with Gasteiger partial charge in [-0.15, -0.1) is 0 Å². The van der Waals surface area contributed by atoms with Gasteiger partial charge in [0.05, 0.1) is 33.8 Å². The van der Waals surface area contributed by atoms with E-state index >= 15 is 0 Å². The van der Waals surface area contributed by atoms with Gasteiger partial charge in [-0.2, -0.15) is 0 Å². The average Bonchev–Trinajstić information content (AvgIpc) is 3.66. The third-order valence-corrected chi connectivity index (χ3v) is 18.2. The number of rotatable bonds is 70.